The summed E-state index contributed by atoms with van der Waals surface area (Å²) in [5, 5.41) is 14.7. The molecule has 12 heteroatoms. The highest BCUT2D eigenvalue weighted by molar-refractivity contribution is 7.92. The maximum absolute atomic E-state index is 12.5. The molecule has 0 amide bonds. The van der Waals surface area contributed by atoms with Crippen LogP contribution in [0.25, 0.3) is 0 Å². The van der Waals surface area contributed by atoms with E-state index in [2.05, 4.69) is 27.5 Å². The minimum absolute atomic E-state index is 0.0365. The monoisotopic (exact) mass is 441 g/mol. The highest BCUT2D eigenvalue weighted by Gasteiger charge is 2.22. The van der Waals surface area contributed by atoms with Crippen molar-refractivity contribution in [1.29, 1.82) is 0 Å². The van der Waals surface area contributed by atoms with E-state index in [9.17, 15) is 18.5 Å². The Labute approximate surface area is 172 Å². The topological polar surface area (TPSA) is 125 Å². The zero-order valence-electron chi connectivity index (χ0n) is 14.3. The van der Waals surface area contributed by atoms with Crippen LogP contribution >= 0.6 is 23.8 Å². The van der Waals surface area contributed by atoms with Crippen LogP contribution in [0.15, 0.2) is 60.0 Å². The molecule has 148 valence electrons. The van der Waals surface area contributed by atoms with Crippen LogP contribution in [-0.4, -0.2) is 25.0 Å². The standard InChI is InChI=1S/C16H16ClN5O4S2/c1-2-8-18-16(27)20-19-14-7-6-13(10-15(14)22(23)24)28(25,26)21-12-5-3-4-11(17)9-12/h2-7,9-10,19,21H,1,8H2,(H2,18,20,27). The first-order valence-electron chi connectivity index (χ1n) is 7.70. The van der Waals surface area contributed by atoms with Crippen molar-refractivity contribution in [1.82, 2.24) is 10.7 Å². The van der Waals surface area contributed by atoms with E-state index in [0.29, 0.717) is 11.6 Å². The van der Waals surface area contributed by atoms with Gasteiger partial charge in [-0.3, -0.25) is 25.7 Å². The normalized spacial score (nSPS) is 10.6. The SMILES string of the molecule is C=CCNC(=S)NNc1ccc(S(=O)(=O)Nc2cccc(Cl)c2)cc1[N+](=O)[O-]. The summed E-state index contributed by atoms with van der Waals surface area (Å²) < 4.78 is 27.4. The summed E-state index contributed by atoms with van der Waals surface area (Å²) in [6.45, 7) is 3.93. The van der Waals surface area contributed by atoms with Crippen molar-refractivity contribution >= 4 is 56.0 Å². The molecule has 2 rings (SSSR count). The van der Waals surface area contributed by atoms with Crippen molar-refractivity contribution in [3.8, 4) is 0 Å². The number of hydrogen-bond acceptors (Lipinski definition) is 6. The van der Waals surface area contributed by atoms with Crippen LogP contribution in [0.1, 0.15) is 0 Å². The van der Waals surface area contributed by atoms with Crippen molar-refractivity contribution in [2.24, 2.45) is 0 Å². The van der Waals surface area contributed by atoms with Crippen LogP contribution < -0.4 is 20.9 Å². The lowest BCUT2D eigenvalue weighted by Crippen LogP contribution is -2.38. The van der Waals surface area contributed by atoms with E-state index in [-0.39, 0.29) is 21.4 Å². The average molecular weight is 442 g/mol. The highest BCUT2D eigenvalue weighted by atomic mass is 35.5. The third kappa shape index (κ3) is 5.81. The molecule has 0 unspecified atom stereocenters. The van der Waals surface area contributed by atoms with Gasteiger partial charge in [0.25, 0.3) is 15.7 Å². The number of hydrazine groups is 1. The quantitative estimate of drug-likeness (QED) is 0.213. The second-order valence-corrected chi connectivity index (χ2v) is 7.83. The van der Waals surface area contributed by atoms with E-state index < -0.39 is 20.6 Å². The zero-order valence-corrected chi connectivity index (χ0v) is 16.7. The Bertz CT molecular complexity index is 1010. The number of nitro benzene ring substituents is 1. The fraction of sp³-hybridized carbons (Fsp3) is 0.0625. The van der Waals surface area contributed by atoms with Gasteiger partial charge in [-0.05, 0) is 42.5 Å². The molecule has 0 atom stereocenters. The molecule has 2 aromatic carbocycles. The minimum Gasteiger partial charge on any atom is -0.358 e. The van der Waals surface area contributed by atoms with Crippen LogP contribution in [0.2, 0.25) is 5.02 Å². The van der Waals surface area contributed by atoms with Gasteiger partial charge >= 0.3 is 0 Å². The number of nitrogens with one attached hydrogen (secondary N) is 4. The second-order valence-electron chi connectivity index (χ2n) is 5.30. The average Bonchev–Trinajstić information content (AvgIpc) is 2.64. The first-order chi connectivity index (χ1) is 13.2. The van der Waals surface area contributed by atoms with E-state index in [1.807, 2.05) is 0 Å². The predicted molar refractivity (Wildman–Crippen MR) is 113 cm³/mol. The molecule has 0 heterocycles. The number of nitrogens with zero attached hydrogens (tertiary/aromatic N) is 1. The van der Waals surface area contributed by atoms with Gasteiger partial charge in [0.15, 0.2) is 5.11 Å². The zero-order chi connectivity index (χ0) is 20.7. The van der Waals surface area contributed by atoms with Crippen molar-refractivity contribution in [3.63, 3.8) is 0 Å². The third-order valence-electron chi connectivity index (χ3n) is 3.27. The fourth-order valence-corrected chi connectivity index (χ4v) is 3.43. The first kappa shape index (κ1) is 21.4. The Morgan fingerprint density at radius 1 is 1.29 bits per heavy atom. The molecule has 0 aliphatic heterocycles. The van der Waals surface area contributed by atoms with Gasteiger partial charge in [0.05, 0.1) is 15.5 Å². The molecule has 0 aromatic heterocycles. The first-order valence-corrected chi connectivity index (χ1v) is 9.97. The van der Waals surface area contributed by atoms with Gasteiger partial charge in [-0.15, -0.1) is 6.58 Å². The molecule has 9 nitrogen and oxygen atoms in total. The van der Waals surface area contributed by atoms with Gasteiger partial charge < -0.3 is 5.32 Å². The van der Waals surface area contributed by atoms with Crippen LogP contribution in [0, 0.1) is 10.1 Å². The van der Waals surface area contributed by atoms with Gasteiger partial charge in [-0.1, -0.05) is 23.7 Å². The summed E-state index contributed by atoms with van der Waals surface area (Å²) in [6, 6.07) is 9.52. The molecule has 28 heavy (non-hydrogen) atoms. The molecular formula is C16H16ClN5O4S2. The summed E-state index contributed by atoms with van der Waals surface area (Å²) in [5.74, 6) is 0. The molecule has 4 N–H and O–H groups in total. The van der Waals surface area contributed by atoms with E-state index in [1.165, 1.54) is 24.3 Å². The Morgan fingerprint density at radius 2 is 2.04 bits per heavy atom. The maximum Gasteiger partial charge on any atom is 0.295 e. The minimum atomic E-state index is -4.06. The molecule has 0 aliphatic carbocycles. The molecule has 0 bridgehead atoms. The van der Waals surface area contributed by atoms with Crippen molar-refractivity contribution in [3.05, 3.63) is 70.3 Å². The molecule has 0 saturated carbocycles. The summed E-state index contributed by atoms with van der Waals surface area (Å²) in [7, 11) is -4.06. The Balaban J connectivity index is 2.24. The summed E-state index contributed by atoms with van der Waals surface area (Å²) in [4.78, 5) is 10.4. The molecule has 0 spiro atoms. The molecule has 0 radical (unpaired) electrons. The van der Waals surface area contributed by atoms with Crippen molar-refractivity contribution < 1.29 is 13.3 Å². The van der Waals surface area contributed by atoms with Crippen LogP contribution in [0.5, 0.6) is 0 Å². The lowest BCUT2D eigenvalue weighted by atomic mass is 10.3. The van der Waals surface area contributed by atoms with Gasteiger partial charge in [0.1, 0.15) is 5.69 Å². The van der Waals surface area contributed by atoms with E-state index >= 15 is 0 Å². The van der Waals surface area contributed by atoms with Gasteiger partial charge in [0.2, 0.25) is 0 Å². The number of anilines is 2. The van der Waals surface area contributed by atoms with Gasteiger partial charge in [-0.25, -0.2) is 8.42 Å². The van der Waals surface area contributed by atoms with Crippen molar-refractivity contribution in [2.75, 3.05) is 16.7 Å². The Kier molecular flexibility index (Phi) is 7.15. The van der Waals surface area contributed by atoms with Crippen LogP contribution in [0.4, 0.5) is 17.1 Å². The number of sulfonamides is 1. The largest absolute Gasteiger partial charge is 0.358 e. The van der Waals surface area contributed by atoms with Crippen molar-refractivity contribution in [2.45, 2.75) is 4.90 Å². The fourth-order valence-electron chi connectivity index (χ4n) is 2.03. The number of thiocarbonyl (C=S) groups is 1. The Morgan fingerprint density at radius 3 is 2.68 bits per heavy atom. The number of hydrogen-bond donors (Lipinski definition) is 4. The lowest BCUT2D eigenvalue weighted by molar-refractivity contribution is -0.384. The van der Waals surface area contributed by atoms with Crippen LogP contribution in [-0.2, 0) is 10.0 Å². The summed E-state index contributed by atoms with van der Waals surface area (Å²) in [5.41, 5.74) is 4.97. The molecule has 0 fully saturated rings. The molecular weight excluding hydrogens is 426 g/mol. The summed E-state index contributed by atoms with van der Waals surface area (Å²) in [6.07, 6.45) is 1.59. The van der Waals surface area contributed by atoms with E-state index in [1.54, 1.807) is 18.2 Å². The predicted octanol–water partition coefficient (Wildman–Crippen LogP) is 3.03. The van der Waals surface area contributed by atoms with E-state index in [0.717, 1.165) is 6.07 Å². The molecule has 0 saturated heterocycles. The third-order valence-corrected chi connectivity index (χ3v) is 5.13. The van der Waals surface area contributed by atoms with Gasteiger partial charge in [-0.2, -0.15) is 0 Å². The Hall–Kier alpha value is -2.89. The van der Waals surface area contributed by atoms with Gasteiger partial charge in [0, 0.05) is 17.6 Å². The van der Waals surface area contributed by atoms with E-state index in [4.69, 9.17) is 23.8 Å². The number of nitro groups is 1. The maximum atomic E-state index is 12.5. The summed E-state index contributed by atoms with van der Waals surface area (Å²) >= 11 is 10.8. The smallest absolute Gasteiger partial charge is 0.295 e. The second kappa shape index (κ2) is 9.35. The molecule has 2 aromatic rings. The number of halogens is 1. The lowest BCUT2D eigenvalue weighted by Gasteiger charge is -2.13. The number of rotatable bonds is 8. The number of benzene rings is 2. The highest BCUT2D eigenvalue weighted by Crippen LogP contribution is 2.28. The van der Waals surface area contributed by atoms with Crippen LogP contribution in [0.3, 0.4) is 0 Å². The molecule has 0 aliphatic rings.